The van der Waals surface area contributed by atoms with Crippen molar-refractivity contribution in [2.75, 3.05) is 0 Å². The second-order valence-corrected chi connectivity index (χ2v) is 7.79. The van der Waals surface area contributed by atoms with Crippen LogP contribution in [0.4, 0.5) is 0 Å². The summed E-state index contributed by atoms with van der Waals surface area (Å²) in [5, 5.41) is 6.00. The van der Waals surface area contributed by atoms with Gasteiger partial charge < -0.3 is 10.1 Å². The molecule has 0 unspecified atom stereocenters. The number of nitrogens with one attached hydrogen (secondary N) is 1. The van der Waals surface area contributed by atoms with Crippen LogP contribution in [0.5, 0.6) is 5.75 Å². The first-order valence-electron chi connectivity index (χ1n) is 9.03. The van der Waals surface area contributed by atoms with Gasteiger partial charge in [-0.15, -0.1) is 11.3 Å². The van der Waals surface area contributed by atoms with Crippen LogP contribution in [0.3, 0.4) is 0 Å². The average molecular weight is 359 g/mol. The molecule has 1 amide bonds. The van der Waals surface area contributed by atoms with E-state index in [0.29, 0.717) is 19.1 Å². The van der Waals surface area contributed by atoms with Crippen molar-refractivity contribution < 1.29 is 9.53 Å². The van der Waals surface area contributed by atoms with E-state index in [4.69, 9.17) is 4.74 Å². The van der Waals surface area contributed by atoms with Crippen molar-refractivity contribution in [3.05, 3.63) is 45.4 Å². The van der Waals surface area contributed by atoms with Crippen LogP contribution in [0.2, 0.25) is 0 Å². The van der Waals surface area contributed by atoms with Crippen molar-refractivity contribution in [3.8, 4) is 5.75 Å². The molecule has 1 aromatic heterocycles. The van der Waals surface area contributed by atoms with Crippen LogP contribution in [0.15, 0.2) is 23.6 Å². The second kappa shape index (κ2) is 8.48. The molecule has 25 heavy (non-hydrogen) atoms. The van der Waals surface area contributed by atoms with Crippen LogP contribution >= 0.6 is 11.3 Å². The lowest BCUT2D eigenvalue weighted by Crippen LogP contribution is -2.37. The molecule has 1 N–H and O–H groups in total. The van der Waals surface area contributed by atoms with Crippen molar-refractivity contribution in [1.29, 1.82) is 0 Å². The van der Waals surface area contributed by atoms with Crippen LogP contribution in [0.1, 0.15) is 53.9 Å². The topological polar surface area (TPSA) is 51.2 Å². The van der Waals surface area contributed by atoms with Gasteiger partial charge in [0.2, 0.25) is 5.91 Å². The maximum absolute atomic E-state index is 12.2. The Hall–Kier alpha value is -1.88. The molecule has 1 aliphatic rings. The van der Waals surface area contributed by atoms with Gasteiger partial charge in [0.1, 0.15) is 17.4 Å². The highest BCUT2D eigenvalue weighted by Crippen LogP contribution is 2.20. The predicted octanol–water partition coefficient (Wildman–Crippen LogP) is 4.33. The summed E-state index contributed by atoms with van der Waals surface area (Å²) >= 11 is 1.55. The van der Waals surface area contributed by atoms with E-state index in [9.17, 15) is 4.79 Å². The zero-order chi connectivity index (χ0) is 17.6. The van der Waals surface area contributed by atoms with Crippen molar-refractivity contribution in [1.82, 2.24) is 10.3 Å². The maximum atomic E-state index is 12.2. The Morgan fingerprint density at radius 2 is 2.04 bits per heavy atom. The van der Waals surface area contributed by atoms with Crippen LogP contribution in [-0.2, 0) is 17.8 Å². The standard InChI is InChI=1S/C20H26N2O2S/c1-14-8-9-18(10-15(14)2)24-12-20-22-17(13-25-20)11-19(23)21-16-6-4-3-5-7-16/h8-10,13,16H,3-7,11-12H2,1-2H3,(H,21,23). The van der Waals surface area contributed by atoms with Gasteiger partial charge in [0.25, 0.3) is 0 Å². The van der Waals surface area contributed by atoms with Crippen LogP contribution in [0, 0.1) is 13.8 Å². The molecule has 0 spiro atoms. The molecule has 1 aromatic carbocycles. The smallest absolute Gasteiger partial charge is 0.226 e. The highest BCUT2D eigenvalue weighted by atomic mass is 32.1. The van der Waals surface area contributed by atoms with E-state index >= 15 is 0 Å². The molecule has 0 radical (unpaired) electrons. The SMILES string of the molecule is Cc1ccc(OCc2nc(CC(=O)NC3CCCCC3)cs2)cc1C. The van der Waals surface area contributed by atoms with Gasteiger partial charge in [-0.2, -0.15) is 0 Å². The summed E-state index contributed by atoms with van der Waals surface area (Å²) in [4.78, 5) is 16.7. The van der Waals surface area contributed by atoms with E-state index < -0.39 is 0 Å². The quantitative estimate of drug-likeness (QED) is 0.836. The van der Waals surface area contributed by atoms with Crippen LogP contribution in [0.25, 0.3) is 0 Å². The molecule has 1 aliphatic carbocycles. The fourth-order valence-electron chi connectivity index (χ4n) is 3.14. The lowest BCUT2D eigenvalue weighted by Gasteiger charge is -2.22. The summed E-state index contributed by atoms with van der Waals surface area (Å²) in [5.41, 5.74) is 3.31. The van der Waals surface area contributed by atoms with Crippen molar-refractivity contribution in [2.24, 2.45) is 0 Å². The van der Waals surface area contributed by atoms with Gasteiger partial charge in [-0.3, -0.25) is 4.79 Å². The van der Waals surface area contributed by atoms with E-state index in [0.717, 1.165) is 29.3 Å². The first-order chi connectivity index (χ1) is 12.1. The summed E-state index contributed by atoms with van der Waals surface area (Å²) in [5.74, 6) is 0.939. The Morgan fingerprint density at radius 3 is 2.80 bits per heavy atom. The largest absolute Gasteiger partial charge is 0.486 e. The minimum Gasteiger partial charge on any atom is -0.486 e. The number of benzene rings is 1. The number of amides is 1. The monoisotopic (exact) mass is 358 g/mol. The first-order valence-corrected chi connectivity index (χ1v) is 9.91. The second-order valence-electron chi connectivity index (χ2n) is 6.85. The fourth-order valence-corrected chi connectivity index (χ4v) is 3.84. The summed E-state index contributed by atoms with van der Waals surface area (Å²) in [6, 6.07) is 6.44. The summed E-state index contributed by atoms with van der Waals surface area (Å²) < 4.78 is 5.82. The van der Waals surface area contributed by atoms with Crippen LogP contribution < -0.4 is 10.1 Å². The zero-order valence-corrected chi connectivity index (χ0v) is 15.8. The molecule has 134 valence electrons. The Morgan fingerprint density at radius 1 is 1.24 bits per heavy atom. The number of carbonyl (C=O) groups is 1. The van der Waals surface area contributed by atoms with Gasteiger partial charge in [0, 0.05) is 11.4 Å². The Balaban J connectivity index is 1.48. The normalized spacial score (nSPS) is 15.1. The molecule has 3 rings (SSSR count). The van der Waals surface area contributed by atoms with Gasteiger partial charge in [-0.05, 0) is 49.9 Å². The fraction of sp³-hybridized carbons (Fsp3) is 0.500. The van der Waals surface area contributed by atoms with Crippen LogP contribution in [-0.4, -0.2) is 16.9 Å². The number of ether oxygens (including phenoxy) is 1. The maximum Gasteiger partial charge on any atom is 0.226 e. The number of aryl methyl sites for hydroxylation is 2. The third-order valence-electron chi connectivity index (χ3n) is 4.75. The lowest BCUT2D eigenvalue weighted by molar-refractivity contribution is -0.121. The van der Waals surface area contributed by atoms with E-state index in [-0.39, 0.29) is 5.91 Å². The number of thiazole rings is 1. The molecule has 1 heterocycles. The predicted molar refractivity (Wildman–Crippen MR) is 101 cm³/mol. The van der Waals surface area contributed by atoms with E-state index in [2.05, 4.69) is 30.2 Å². The number of hydrogen-bond acceptors (Lipinski definition) is 4. The van der Waals surface area contributed by atoms with Crippen molar-refractivity contribution in [2.45, 2.75) is 65.0 Å². The minimum absolute atomic E-state index is 0.0822. The first kappa shape index (κ1) is 17.9. The summed E-state index contributed by atoms with van der Waals surface area (Å²) in [6.45, 7) is 4.61. The molecular formula is C20H26N2O2S. The molecule has 0 saturated heterocycles. The lowest BCUT2D eigenvalue weighted by atomic mass is 9.95. The molecule has 2 aromatic rings. The van der Waals surface area contributed by atoms with Crippen molar-refractivity contribution >= 4 is 17.2 Å². The van der Waals surface area contributed by atoms with E-state index in [1.54, 1.807) is 11.3 Å². The molecule has 5 heteroatoms. The van der Waals surface area contributed by atoms with Gasteiger partial charge >= 0.3 is 0 Å². The minimum atomic E-state index is 0.0822. The molecular weight excluding hydrogens is 332 g/mol. The Kier molecular flexibility index (Phi) is 6.08. The number of hydrogen-bond donors (Lipinski definition) is 1. The van der Waals surface area contributed by atoms with Gasteiger partial charge in [-0.1, -0.05) is 25.3 Å². The number of carbonyl (C=O) groups excluding carboxylic acids is 1. The average Bonchev–Trinajstić information content (AvgIpc) is 3.04. The molecule has 0 aliphatic heterocycles. The highest BCUT2D eigenvalue weighted by molar-refractivity contribution is 7.09. The molecule has 1 fully saturated rings. The van der Waals surface area contributed by atoms with Gasteiger partial charge in [0.15, 0.2) is 0 Å². The van der Waals surface area contributed by atoms with Gasteiger partial charge in [0.05, 0.1) is 12.1 Å². The van der Waals surface area contributed by atoms with E-state index in [1.807, 2.05) is 17.5 Å². The molecule has 0 atom stereocenters. The third-order valence-corrected chi connectivity index (χ3v) is 5.62. The van der Waals surface area contributed by atoms with Gasteiger partial charge in [-0.25, -0.2) is 4.98 Å². The summed E-state index contributed by atoms with van der Waals surface area (Å²) in [6.07, 6.45) is 6.32. The van der Waals surface area contributed by atoms with E-state index in [1.165, 1.54) is 30.4 Å². The Bertz CT molecular complexity index is 720. The third kappa shape index (κ3) is 5.30. The Labute approximate surface area is 153 Å². The van der Waals surface area contributed by atoms with Crippen molar-refractivity contribution in [3.63, 3.8) is 0 Å². The number of rotatable bonds is 6. The molecule has 4 nitrogen and oxygen atoms in total. The zero-order valence-electron chi connectivity index (χ0n) is 15.0. The number of nitrogens with zero attached hydrogens (tertiary/aromatic N) is 1. The highest BCUT2D eigenvalue weighted by Gasteiger charge is 2.16. The molecule has 1 saturated carbocycles. The number of aromatic nitrogens is 1. The molecule has 0 bridgehead atoms. The summed E-state index contributed by atoms with van der Waals surface area (Å²) in [7, 11) is 0.